The van der Waals surface area contributed by atoms with E-state index in [1.165, 1.54) is 6.07 Å². The van der Waals surface area contributed by atoms with E-state index in [-0.39, 0.29) is 11.7 Å². The first-order chi connectivity index (χ1) is 12.4. The molecule has 0 aromatic heterocycles. The molecule has 1 fully saturated rings. The van der Waals surface area contributed by atoms with E-state index >= 15 is 0 Å². The summed E-state index contributed by atoms with van der Waals surface area (Å²) in [5.41, 5.74) is 1.43. The molecule has 2 aromatic rings. The SMILES string of the molecule is CC1(C)c2ccccc2N2CCC(=O)NC21C=Cc1c(F)cccc1Cl. The summed E-state index contributed by atoms with van der Waals surface area (Å²) in [5, 5.41) is 3.52. The Morgan fingerprint density at radius 1 is 1.19 bits per heavy atom. The van der Waals surface area contributed by atoms with Gasteiger partial charge in [0.2, 0.25) is 5.91 Å². The van der Waals surface area contributed by atoms with E-state index in [1.54, 1.807) is 18.2 Å². The van der Waals surface area contributed by atoms with Crippen molar-refractivity contribution in [2.45, 2.75) is 31.3 Å². The van der Waals surface area contributed by atoms with Crippen LogP contribution in [0.15, 0.2) is 48.5 Å². The monoisotopic (exact) mass is 370 g/mol. The normalized spacial score (nSPS) is 23.7. The summed E-state index contributed by atoms with van der Waals surface area (Å²) in [5.74, 6) is -0.390. The first-order valence-corrected chi connectivity index (χ1v) is 9.06. The highest BCUT2D eigenvalue weighted by Crippen LogP contribution is 2.52. The van der Waals surface area contributed by atoms with Gasteiger partial charge in [-0.15, -0.1) is 0 Å². The van der Waals surface area contributed by atoms with Gasteiger partial charge in [0, 0.05) is 29.6 Å². The third kappa shape index (κ3) is 2.28. The molecular weight excluding hydrogens is 351 g/mol. The number of amides is 1. The van der Waals surface area contributed by atoms with Crippen molar-refractivity contribution in [1.29, 1.82) is 0 Å². The lowest BCUT2D eigenvalue weighted by atomic mass is 9.74. The van der Waals surface area contributed by atoms with Gasteiger partial charge in [0.25, 0.3) is 0 Å². The number of hydrogen-bond acceptors (Lipinski definition) is 2. The average molecular weight is 371 g/mol. The molecule has 1 atom stereocenters. The Labute approximate surface area is 157 Å². The molecule has 1 unspecified atom stereocenters. The van der Waals surface area contributed by atoms with Gasteiger partial charge in [-0.05, 0) is 29.8 Å². The lowest BCUT2D eigenvalue weighted by Gasteiger charge is -2.49. The van der Waals surface area contributed by atoms with Gasteiger partial charge in [-0.1, -0.05) is 55.8 Å². The number of rotatable bonds is 2. The van der Waals surface area contributed by atoms with Crippen molar-refractivity contribution >= 4 is 29.3 Å². The van der Waals surface area contributed by atoms with Gasteiger partial charge in [-0.3, -0.25) is 4.79 Å². The molecule has 26 heavy (non-hydrogen) atoms. The van der Waals surface area contributed by atoms with Crippen molar-refractivity contribution in [3.63, 3.8) is 0 Å². The van der Waals surface area contributed by atoms with E-state index in [0.29, 0.717) is 23.6 Å². The first kappa shape index (κ1) is 17.1. The van der Waals surface area contributed by atoms with Crippen LogP contribution in [0.25, 0.3) is 6.08 Å². The maximum Gasteiger partial charge on any atom is 0.223 e. The van der Waals surface area contributed by atoms with Crippen LogP contribution in [0.4, 0.5) is 10.1 Å². The fourth-order valence-electron chi connectivity index (χ4n) is 4.19. The minimum atomic E-state index is -0.766. The van der Waals surface area contributed by atoms with Crippen molar-refractivity contribution in [2.24, 2.45) is 0 Å². The second kappa shape index (κ2) is 5.85. The van der Waals surface area contributed by atoms with Crippen molar-refractivity contribution in [1.82, 2.24) is 5.32 Å². The molecule has 3 nitrogen and oxygen atoms in total. The van der Waals surface area contributed by atoms with Crippen LogP contribution in [0.5, 0.6) is 0 Å². The molecule has 0 aliphatic carbocycles. The summed E-state index contributed by atoms with van der Waals surface area (Å²) >= 11 is 6.18. The van der Waals surface area contributed by atoms with Gasteiger partial charge >= 0.3 is 0 Å². The Balaban J connectivity index is 1.88. The molecule has 134 valence electrons. The Bertz CT molecular complexity index is 904. The number of fused-ring (bicyclic) bond motifs is 3. The molecule has 5 heteroatoms. The van der Waals surface area contributed by atoms with E-state index in [0.717, 1.165) is 11.3 Å². The van der Waals surface area contributed by atoms with E-state index < -0.39 is 11.1 Å². The fraction of sp³-hybridized carbons (Fsp3) is 0.286. The number of para-hydroxylation sites is 1. The van der Waals surface area contributed by atoms with Crippen LogP contribution in [-0.4, -0.2) is 18.1 Å². The van der Waals surface area contributed by atoms with Crippen molar-refractivity contribution < 1.29 is 9.18 Å². The quantitative estimate of drug-likeness (QED) is 0.843. The molecule has 2 aromatic carbocycles. The first-order valence-electron chi connectivity index (χ1n) is 8.68. The number of benzene rings is 2. The van der Waals surface area contributed by atoms with Crippen molar-refractivity contribution in [2.75, 3.05) is 11.4 Å². The van der Waals surface area contributed by atoms with E-state index in [9.17, 15) is 9.18 Å². The smallest absolute Gasteiger partial charge is 0.223 e. The molecule has 1 N–H and O–H groups in total. The Morgan fingerprint density at radius 3 is 2.73 bits per heavy atom. The van der Waals surface area contributed by atoms with Crippen molar-refractivity contribution in [3.05, 3.63) is 70.5 Å². The zero-order valence-electron chi connectivity index (χ0n) is 14.7. The molecule has 2 aliphatic heterocycles. The summed E-state index contributed by atoms with van der Waals surface area (Å²) in [6, 6.07) is 12.8. The Kier molecular flexibility index (Phi) is 3.85. The molecule has 0 bridgehead atoms. The Hall–Kier alpha value is -2.33. The number of carbonyl (C=O) groups is 1. The Morgan fingerprint density at radius 2 is 1.96 bits per heavy atom. The minimum Gasteiger partial charge on any atom is -0.344 e. The molecular formula is C21H20ClFN2O. The predicted octanol–water partition coefficient (Wildman–Crippen LogP) is 4.51. The number of nitrogens with zero attached hydrogens (tertiary/aromatic N) is 1. The maximum atomic E-state index is 14.2. The second-order valence-electron chi connectivity index (χ2n) is 7.33. The zero-order chi connectivity index (χ0) is 18.5. The number of nitrogens with one attached hydrogen (secondary N) is 1. The number of anilines is 1. The highest BCUT2D eigenvalue weighted by atomic mass is 35.5. The molecule has 2 heterocycles. The van der Waals surface area contributed by atoms with E-state index in [4.69, 9.17) is 11.6 Å². The van der Waals surface area contributed by atoms with E-state index in [2.05, 4.69) is 36.2 Å². The molecule has 1 saturated heterocycles. The molecule has 0 saturated carbocycles. The lowest BCUT2D eigenvalue weighted by molar-refractivity contribution is -0.124. The van der Waals surface area contributed by atoms with Gasteiger partial charge in [0.15, 0.2) is 0 Å². The van der Waals surface area contributed by atoms with Gasteiger partial charge < -0.3 is 10.2 Å². The number of hydrogen-bond donors (Lipinski definition) is 1. The van der Waals surface area contributed by atoms with Crippen LogP contribution in [0.2, 0.25) is 5.02 Å². The van der Waals surface area contributed by atoms with Crippen LogP contribution in [-0.2, 0) is 10.2 Å². The predicted molar refractivity (Wildman–Crippen MR) is 103 cm³/mol. The standard InChI is InChI=1S/C21H20ClFN2O/c1-20(2)15-6-3-4-9-18(15)25-13-11-19(26)24-21(20,25)12-10-14-16(22)7-5-8-17(14)23/h3-10,12H,11,13H2,1-2H3,(H,24,26). The third-order valence-electron chi connectivity index (χ3n) is 5.63. The maximum absolute atomic E-state index is 14.2. The molecule has 4 rings (SSSR count). The van der Waals surface area contributed by atoms with Crippen LogP contribution in [0, 0.1) is 5.82 Å². The number of carbonyl (C=O) groups excluding carboxylic acids is 1. The fourth-order valence-corrected chi connectivity index (χ4v) is 4.42. The topological polar surface area (TPSA) is 32.3 Å². The highest BCUT2D eigenvalue weighted by molar-refractivity contribution is 6.32. The molecule has 2 aliphatic rings. The van der Waals surface area contributed by atoms with Crippen molar-refractivity contribution in [3.8, 4) is 0 Å². The minimum absolute atomic E-state index is 0.00795. The van der Waals surface area contributed by atoms with Gasteiger partial charge in [-0.2, -0.15) is 0 Å². The van der Waals surface area contributed by atoms with Crippen LogP contribution in [0.3, 0.4) is 0 Å². The highest BCUT2D eigenvalue weighted by Gasteiger charge is 2.57. The second-order valence-corrected chi connectivity index (χ2v) is 7.73. The summed E-state index contributed by atoms with van der Waals surface area (Å²) in [7, 11) is 0. The number of halogens is 2. The largest absolute Gasteiger partial charge is 0.344 e. The summed E-state index contributed by atoms with van der Waals surface area (Å²) in [4.78, 5) is 14.5. The summed E-state index contributed by atoms with van der Waals surface area (Å²) < 4.78 is 14.2. The average Bonchev–Trinajstić information content (AvgIpc) is 2.79. The van der Waals surface area contributed by atoms with Crippen LogP contribution in [0.1, 0.15) is 31.4 Å². The molecule has 1 amide bonds. The molecule has 0 radical (unpaired) electrons. The van der Waals surface area contributed by atoms with E-state index in [1.807, 2.05) is 18.2 Å². The summed E-state index contributed by atoms with van der Waals surface area (Å²) in [6.07, 6.45) is 4.00. The molecule has 0 spiro atoms. The zero-order valence-corrected chi connectivity index (χ0v) is 15.5. The van der Waals surface area contributed by atoms with Crippen LogP contribution < -0.4 is 10.2 Å². The summed E-state index contributed by atoms with van der Waals surface area (Å²) in [6.45, 7) is 4.82. The lowest BCUT2D eigenvalue weighted by Crippen LogP contribution is -2.68. The van der Waals surface area contributed by atoms with Gasteiger partial charge in [0.05, 0.1) is 5.02 Å². The van der Waals surface area contributed by atoms with Crippen LogP contribution >= 0.6 is 11.6 Å². The van der Waals surface area contributed by atoms with Gasteiger partial charge in [0.1, 0.15) is 11.5 Å². The third-order valence-corrected chi connectivity index (χ3v) is 5.96. The van der Waals surface area contributed by atoms with Gasteiger partial charge in [-0.25, -0.2) is 4.39 Å².